The third-order valence-corrected chi connectivity index (χ3v) is 3.95. The van der Waals surface area contributed by atoms with Gasteiger partial charge in [0, 0.05) is 26.8 Å². The fraction of sp³-hybridized carbons (Fsp3) is 0.600. The van der Waals surface area contributed by atoms with Crippen molar-refractivity contribution < 1.29 is 0 Å². The molecule has 1 aromatic heterocycles. The molecule has 0 saturated heterocycles. The second kappa shape index (κ2) is 4.11. The summed E-state index contributed by atoms with van der Waals surface area (Å²) in [5.74, 6) is 0. The molecule has 1 nitrogen and oxygen atoms in total. The molecule has 2 rings (SSSR count). The molecule has 1 aromatic rings. The Bertz CT molecular complexity index is 280. The highest BCUT2D eigenvalue weighted by atomic mass is 79.9. The summed E-state index contributed by atoms with van der Waals surface area (Å²) in [6.07, 6.45) is 3.91. The van der Waals surface area contributed by atoms with Crippen LogP contribution in [0.25, 0.3) is 0 Å². The first-order chi connectivity index (χ1) is 6.24. The average Bonchev–Trinajstić information content (AvgIpc) is 2.76. The zero-order valence-electron chi connectivity index (χ0n) is 7.72. The van der Waals surface area contributed by atoms with Gasteiger partial charge in [-0.1, -0.05) is 0 Å². The van der Waals surface area contributed by atoms with Crippen molar-refractivity contribution in [2.24, 2.45) is 0 Å². The van der Waals surface area contributed by atoms with Crippen molar-refractivity contribution in [1.29, 1.82) is 0 Å². The average molecular weight is 260 g/mol. The summed E-state index contributed by atoms with van der Waals surface area (Å²) in [6, 6.07) is 3.66. The van der Waals surface area contributed by atoms with E-state index in [0.717, 1.165) is 12.5 Å². The van der Waals surface area contributed by atoms with Gasteiger partial charge in [0.2, 0.25) is 0 Å². The number of halogens is 1. The third-order valence-electron chi connectivity index (χ3n) is 2.23. The van der Waals surface area contributed by atoms with E-state index in [9.17, 15) is 0 Å². The van der Waals surface area contributed by atoms with Gasteiger partial charge in [-0.2, -0.15) is 0 Å². The van der Waals surface area contributed by atoms with Gasteiger partial charge in [0.1, 0.15) is 0 Å². The Morgan fingerprint density at radius 3 is 3.00 bits per heavy atom. The Hall–Kier alpha value is 0.140. The summed E-state index contributed by atoms with van der Waals surface area (Å²) in [5, 5.41) is 5.75. The fourth-order valence-electron chi connectivity index (χ4n) is 1.47. The van der Waals surface area contributed by atoms with Gasteiger partial charge < -0.3 is 5.32 Å². The molecule has 72 valence electrons. The van der Waals surface area contributed by atoms with Crippen LogP contribution in [0.4, 0.5) is 0 Å². The predicted molar refractivity (Wildman–Crippen MR) is 61.3 cm³/mol. The summed E-state index contributed by atoms with van der Waals surface area (Å²) in [4.78, 5) is 1.47. The first kappa shape index (κ1) is 9.69. The molecule has 0 aliphatic heterocycles. The van der Waals surface area contributed by atoms with E-state index >= 15 is 0 Å². The van der Waals surface area contributed by atoms with Crippen molar-refractivity contribution >= 4 is 27.3 Å². The van der Waals surface area contributed by atoms with Gasteiger partial charge in [-0.05, 0) is 48.2 Å². The molecular formula is C10H14BrNS. The van der Waals surface area contributed by atoms with Crippen LogP contribution in [0.3, 0.4) is 0 Å². The number of nitrogens with one attached hydrogen (secondary N) is 1. The molecule has 1 saturated carbocycles. The van der Waals surface area contributed by atoms with Crippen molar-refractivity contribution in [3.05, 3.63) is 20.8 Å². The van der Waals surface area contributed by atoms with Gasteiger partial charge in [-0.15, -0.1) is 11.3 Å². The van der Waals surface area contributed by atoms with Gasteiger partial charge in [-0.3, -0.25) is 0 Å². The molecule has 1 aliphatic carbocycles. The van der Waals surface area contributed by atoms with Crippen molar-refractivity contribution in [3.63, 3.8) is 0 Å². The Kier molecular flexibility index (Phi) is 3.06. The highest BCUT2D eigenvalue weighted by Gasteiger charge is 2.22. The maximum atomic E-state index is 3.60. The molecule has 1 unspecified atom stereocenters. The first-order valence-corrected chi connectivity index (χ1v) is 6.40. The molecule has 1 N–H and O–H groups in total. The maximum absolute atomic E-state index is 3.60. The quantitative estimate of drug-likeness (QED) is 0.876. The predicted octanol–water partition coefficient (Wildman–Crippen LogP) is 3.19. The summed E-state index contributed by atoms with van der Waals surface area (Å²) in [7, 11) is 0. The van der Waals surface area contributed by atoms with E-state index < -0.39 is 0 Å². The lowest BCUT2D eigenvalue weighted by atomic mass is 10.2. The molecular weight excluding hydrogens is 246 g/mol. The fourth-order valence-corrected chi connectivity index (χ4v) is 3.06. The van der Waals surface area contributed by atoms with Gasteiger partial charge in [0.05, 0.1) is 0 Å². The van der Waals surface area contributed by atoms with Crippen LogP contribution in [-0.4, -0.2) is 12.1 Å². The number of thiophene rings is 1. The van der Waals surface area contributed by atoms with E-state index in [1.54, 1.807) is 0 Å². The van der Waals surface area contributed by atoms with E-state index in [-0.39, 0.29) is 0 Å². The van der Waals surface area contributed by atoms with Crippen LogP contribution in [0.2, 0.25) is 0 Å². The molecule has 0 radical (unpaired) electrons. The van der Waals surface area contributed by atoms with E-state index in [1.807, 2.05) is 11.3 Å². The summed E-state index contributed by atoms with van der Waals surface area (Å²) in [5.41, 5.74) is 0. The van der Waals surface area contributed by atoms with E-state index in [1.165, 1.54) is 22.2 Å². The van der Waals surface area contributed by atoms with Gasteiger partial charge in [0.15, 0.2) is 0 Å². The van der Waals surface area contributed by atoms with Gasteiger partial charge in [0.25, 0.3) is 0 Å². The topological polar surface area (TPSA) is 12.0 Å². The van der Waals surface area contributed by atoms with Gasteiger partial charge in [-0.25, -0.2) is 0 Å². The molecule has 0 aromatic carbocycles. The Labute approximate surface area is 91.7 Å². The third kappa shape index (κ3) is 3.08. The molecule has 0 bridgehead atoms. The van der Waals surface area contributed by atoms with Crippen molar-refractivity contribution in [3.8, 4) is 0 Å². The molecule has 1 heterocycles. The standard InChI is InChI=1S/C10H14BrNS/c1-7(12-9-2-3-9)4-10-5-8(11)6-13-10/h5-7,9,12H,2-4H2,1H3. The van der Waals surface area contributed by atoms with Crippen LogP contribution in [0.15, 0.2) is 15.9 Å². The lowest BCUT2D eigenvalue weighted by molar-refractivity contribution is 0.545. The summed E-state index contributed by atoms with van der Waals surface area (Å²) < 4.78 is 1.21. The van der Waals surface area contributed by atoms with Crippen LogP contribution < -0.4 is 5.32 Å². The lowest BCUT2D eigenvalue weighted by Gasteiger charge is -2.11. The molecule has 0 amide bonds. The second-order valence-electron chi connectivity index (χ2n) is 3.78. The zero-order valence-corrected chi connectivity index (χ0v) is 10.1. The smallest absolute Gasteiger partial charge is 0.0285 e. The number of rotatable bonds is 4. The molecule has 3 heteroatoms. The second-order valence-corrected chi connectivity index (χ2v) is 5.69. The van der Waals surface area contributed by atoms with Crippen molar-refractivity contribution in [1.82, 2.24) is 5.32 Å². The van der Waals surface area contributed by atoms with E-state index in [4.69, 9.17) is 0 Å². The molecule has 0 spiro atoms. The minimum atomic E-state index is 0.623. The van der Waals surface area contributed by atoms with Crippen molar-refractivity contribution in [2.75, 3.05) is 0 Å². The summed E-state index contributed by atoms with van der Waals surface area (Å²) in [6.45, 7) is 2.27. The molecule has 1 aliphatic rings. The van der Waals surface area contributed by atoms with Gasteiger partial charge >= 0.3 is 0 Å². The first-order valence-electron chi connectivity index (χ1n) is 4.73. The highest BCUT2D eigenvalue weighted by Crippen LogP contribution is 2.23. The van der Waals surface area contributed by atoms with Crippen LogP contribution >= 0.6 is 27.3 Å². The Balaban J connectivity index is 1.82. The van der Waals surface area contributed by atoms with Crippen LogP contribution in [-0.2, 0) is 6.42 Å². The van der Waals surface area contributed by atoms with Crippen molar-refractivity contribution in [2.45, 2.75) is 38.3 Å². The van der Waals surface area contributed by atoms with E-state index in [2.05, 4.69) is 39.6 Å². The monoisotopic (exact) mass is 259 g/mol. The van der Waals surface area contributed by atoms with E-state index in [0.29, 0.717) is 6.04 Å². The SMILES string of the molecule is CC(Cc1cc(Br)cs1)NC1CC1. The Morgan fingerprint density at radius 2 is 2.46 bits per heavy atom. The normalized spacial score (nSPS) is 18.9. The highest BCUT2D eigenvalue weighted by molar-refractivity contribution is 9.10. The number of hydrogen-bond donors (Lipinski definition) is 1. The minimum Gasteiger partial charge on any atom is -0.311 e. The zero-order chi connectivity index (χ0) is 9.26. The molecule has 13 heavy (non-hydrogen) atoms. The summed E-state index contributed by atoms with van der Waals surface area (Å²) >= 11 is 5.31. The lowest BCUT2D eigenvalue weighted by Crippen LogP contribution is -2.29. The Morgan fingerprint density at radius 1 is 1.69 bits per heavy atom. The molecule has 1 fully saturated rings. The number of hydrogen-bond acceptors (Lipinski definition) is 2. The minimum absolute atomic E-state index is 0.623. The van der Waals surface area contributed by atoms with Crippen LogP contribution in [0, 0.1) is 0 Å². The van der Waals surface area contributed by atoms with Crippen LogP contribution in [0.5, 0.6) is 0 Å². The van der Waals surface area contributed by atoms with Crippen LogP contribution in [0.1, 0.15) is 24.6 Å². The largest absolute Gasteiger partial charge is 0.311 e. The maximum Gasteiger partial charge on any atom is 0.0285 e. The molecule has 1 atom stereocenters.